The topological polar surface area (TPSA) is 62.6 Å². The van der Waals surface area contributed by atoms with Gasteiger partial charge in [-0.1, -0.05) is 6.07 Å². The molecule has 0 fully saturated rings. The molecule has 200 valence electrons. The van der Waals surface area contributed by atoms with Crippen LogP contribution < -0.4 is 15.0 Å². The summed E-state index contributed by atoms with van der Waals surface area (Å²) in [6, 6.07) is 9.99. The number of aryl methyl sites for hydroxylation is 2. The van der Waals surface area contributed by atoms with E-state index in [1.54, 1.807) is 31.0 Å². The van der Waals surface area contributed by atoms with Crippen LogP contribution in [-0.4, -0.2) is 39.9 Å². The Morgan fingerprint density at radius 2 is 1.82 bits per heavy atom. The van der Waals surface area contributed by atoms with Gasteiger partial charge in [0.25, 0.3) is 5.91 Å². The fraction of sp³-hybridized carbons (Fsp3) is 0.286. The third kappa shape index (κ3) is 6.56. The number of aromatic nitrogens is 2. The van der Waals surface area contributed by atoms with Gasteiger partial charge in [0.2, 0.25) is 0 Å². The molecule has 0 bridgehead atoms. The quantitative estimate of drug-likeness (QED) is 0.396. The highest BCUT2D eigenvalue weighted by Gasteiger charge is 2.28. The highest BCUT2D eigenvalue weighted by Crippen LogP contribution is 2.30. The molecule has 0 saturated heterocycles. The SMILES string of the molecule is CCN1C=CN(c2ccc(C)c(C(=O)N[C@H](C)c3cc(OCC(F)(F)F)cc(-c4cnn(C)c4)c3)c2)C=C1. The van der Waals surface area contributed by atoms with Gasteiger partial charge in [-0.15, -0.1) is 0 Å². The van der Waals surface area contributed by atoms with E-state index in [-0.39, 0.29) is 11.7 Å². The van der Waals surface area contributed by atoms with Crippen LogP contribution in [0.3, 0.4) is 0 Å². The number of rotatable bonds is 8. The van der Waals surface area contributed by atoms with E-state index >= 15 is 0 Å². The Morgan fingerprint density at radius 1 is 1.08 bits per heavy atom. The van der Waals surface area contributed by atoms with Crippen molar-refractivity contribution in [2.45, 2.75) is 33.0 Å². The van der Waals surface area contributed by atoms with E-state index in [0.717, 1.165) is 23.4 Å². The Kier molecular flexibility index (Phi) is 7.80. The zero-order valence-corrected chi connectivity index (χ0v) is 21.7. The Hall–Kier alpha value is -4.21. The van der Waals surface area contributed by atoms with Gasteiger partial charge in [-0.2, -0.15) is 18.3 Å². The minimum atomic E-state index is -4.47. The smallest absolute Gasteiger partial charge is 0.422 e. The number of amides is 1. The monoisotopic (exact) mass is 525 g/mol. The van der Waals surface area contributed by atoms with E-state index in [2.05, 4.69) is 17.3 Å². The van der Waals surface area contributed by atoms with Crippen LogP contribution >= 0.6 is 0 Å². The van der Waals surface area contributed by atoms with Gasteiger partial charge in [0.15, 0.2) is 6.61 Å². The molecule has 4 rings (SSSR count). The number of hydrogen-bond donors (Lipinski definition) is 1. The minimum absolute atomic E-state index is 0.0581. The maximum atomic E-state index is 13.3. The van der Waals surface area contributed by atoms with E-state index in [0.29, 0.717) is 16.7 Å². The van der Waals surface area contributed by atoms with Gasteiger partial charge in [-0.05, 0) is 67.8 Å². The Labute approximate surface area is 219 Å². The summed E-state index contributed by atoms with van der Waals surface area (Å²) in [5.41, 5.74) is 4.10. The number of anilines is 1. The number of carbonyl (C=O) groups excluding carboxylic acids is 1. The lowest BCUT2D eigenvalue weighted by Gasteiger charge is -2.25. The number of ether oxygens (including phenoxy) is 1. The number of benzene rings is 2. The molecule has 7 nitrogen and oxygen atoms in total. The first-order valence-corrected chi connectivity index (χ1v) is 12.2. The fourth-order valence-corrected chi connectivity index (χ4v) is 4.03. The summed E-state index contributed by atoms with van der Waals surface area (Å²) in [6.07, 6.45) is 6.66. The highest BCUT2D eigenvalue weighted by molar-refractivity contribution is 5.97. The van der Waals surface area contributed by atoms with Crippen molar-refractivity contribution in [2.75, 3.05) is 18.1 Å². The molecule has 1 atom stereocenters. The summed E-state index contributed by atoms with van der Waals surface area (Å²) in [4.78, 5) is 17.3. The van der Waals surface area contributed by atoms with Crippen LogP contribution in [0.4, 0.5) is 18.9 Å². The van der Waals surface area contributed by atoms with Crippen molar-refractivity contribution in [3.05, 3.63) is 90.3 Å². The molecule has 38 heavy (non-hydrogen) atoms. The first kappa shape index (κ1) is 26.8. The molecule has 1 aliphatic rings. The molecule has 2 heterocycles. The first-order valence-electron chi connectivity index (χ1n) is 12.2. The molecule has 0 saturated carbocycles. The Balaban J connectivity index is 1.57. The van der Waals surface area contributed by atoms with Crippen LogP contribution in [0.15, 0.2) is 73.6 Å². The second kappa shape index (κ2) is 11.0. The third-order valence-corrected chi connectivity index (χ3v) is 6.18. The van der Waals surface area contributed by atoms with E-state index in [1.165, 1.54) is 12.1 Å². The molecule has 3 aromatic rings. The molecule has 0 spiro atoms. The maximum Gasteiger partial charge on any atom is 0.422 e. The number of alkyl halides is 3. The van der Waals surface area contributed by atoms with Crippen molar-refractivity contribution in [1.82, 2.24) is 20.0 Å². The molecule has 0 unspecified atom stereocenters. The predicted molar refractivity (Wildman–Crippen MR) is 140 cm³/mol. The summed E-state index contributed by atoms with van der Waals surface area (Å²) < 4.78 is 45.1. The summed E-state index contributed by atoms with van der Waals surface area (Å²) in [7, 11) is 1.75. The normalized spacial score (nSPS) is 14.1. The minimum Gasteiger partial charge on any atom is -0.484 e. The number of nitrogens with zero attached hydrogens (tertiary/aromatic N) is 4. The van der Waals surface area contributed by atoms with Crippen molar-refractivity contribution in [3.63, 3.8) is 0 Å². The van der Waals surface area contributed by atoms with Crippen LogP contribution in [0, 0.1) is 6.92 Å². The zero-order valence-electron chi connectivity index (χ0n) is 21.7. The predicted octanol–water partition coefficient (Wildman–Crippen LogP) is 5.91. The molecule has 1 N–H and O–H groups in total. The molecule has 1 aromatic heterocycles. The third-order valence-electron chi connectivity index (χ3n) is 6.18. The average Bonchev–Trinajstić information content (AvgIpc) is 3.33. The first-order chi connectivity index (χ1) is 18.0. The standard InChI is InChI=1S/C28H30F3N5O2/c1-5-35-8-10-36(11-9-35)24-7-6-19(2)26(15-24)27(37)33-20(3)21-12-22(23-16-32-34(4)17-23)14-25(13-21)38-18-28(29,30)31/h6-17,20H,5,18H2,1-4H3,(H,33,37)/t20-/m1/s1. The summed E-state index contributed by atoms with van der Waals surface area (Å²) in [5, 5.41) is 7.13. The van der Waals surface area contributed by atoms with Crippen molar-refractivity contribution in [1.29, 1.82) is 0 Å². The van der Waals surface area contributed by atoms with Gasteiger partial charge in [0.05, 0.1) is 12.2 Å². The highest BCUT2D eigenvalue weighted by atomic mass is 19.4. The summed E-state index contributed by atoms with van der Waals surface area (Å²) in [6.45, 7) is 5.13. The van der Waals surface area contributed by atoms with Gasteiger partial charge in [0, 0.05) is 61.4 Å². The van der Waals surface area contributed by atoms with Crippen LogP contribution in [0.5, 0.6) is 5.75 Å². The Morgan fingerprint density at radius 3 is 2.45 bits per heavy atom. The number of hydrogen-bond acceptors (Lipinski definition) is 5. The van der Waals surface area contributed by atoms with E-state index in [9.17, 15) is 18.0 Å². The lowest BCUT2D eigenvalue weighted by molar-refractivity contribution is -0.153. The van der Waals surface area contributed by atoms with E-state index in [1.807, 2.05) is 65.8 Å². The van der Waals surface area contributed by atoms with Crippen LogP contribution in [-0.2, 0) is 7.05 Å². The van der Waals surface area contributed by atoms with Gasteiger partial charge in [0.1, 0.15) is 5.75 Å². The van der Waals surface area contributed by atoms with Crippen molar-refractivity contribution in [3.8, 4) is 16.9 Å². The van der Waals surface area contributed by atoms with Gasteiger partial charge < -0.3 is 19.9 Å². The second-order valence-electron chi connectivity index (χ2n) is 9.13. The molecule has 1 amide bonds. The average molecular weight is 526 g/mol. The maximum absolute atomic E-state index is 13.3. The lowest BCUT2D eigenvalue weighted by atomic mass is 10.0. The largest absolute Gasteiger partial charge is 0.484 e. The van der Waals surface area contributed by atoms with E-state index < -0.39 is 18.8 Å². The Bertz CT molecular complexity index is 1350. The van der Waals surface area contributed by atoms with E-state index in [4.69, 9.17) is 4.74 Å². The number of nitrogens with one attached hydrogen (secondary N) is 1. The van der Waals surface area contributed by atoms with Gasteiger partial charge in [-0.25, -0.2) is 0 Å². The fourth-order valence-electron chi connectivity index (χ4n) is 4.03. The van der Waals surface area contributed by atoms with Gasteiger partial charge in [-0.3, -0.25) is 9.48 Å². The second-order valence-corrected chi connectivity index (χ2v) is 9.13. The molecule has 2 aromatic carbocycles. The molecular weight excluding hydrogens is 495 g/mol. The van der Waals surface area contributed by atoms with Crippen molar-refractivity contribution in [2.24, 2.45) is 7.05 Å². The molecule has 0 aliphatic carbocycles. The molecule has 0 radical (unpaired) electrons. The lowest BCUT2D eigenvalue weighted by Crippen LogP contribution is -2.28. The molecular formula is C28H30F3N5O2. The van der Waals surface area contributed by atoms with Crippen LogP contribution in [0.25, 0.3) is 11.1 Å². The van der Waals surface area contributed by atoms with Crippen molar-refractivity contribution < 1.29 is 22.7 Å². The number of halogens is 3. The van der Waals surface area contributed by atoms with Crippen LogP contribution in [0.2, 0.25) is 0 Å². The molecule has 1 aliphatic heterocycles. The molecule has 10 heteroatoms. The number of carbonyl (C=O) groups is 1. The zero-order chi connectivity index (χ0) is 27.4. The summed E-state index contributed by atoms with van der Waals surface area (Å²) >= 11 is 0. The van der Waals surface area contributed by atoms with Crippen LogP contribution in [0.1, 0.15) is 41.4 Å². The van der Waals surface area contributed by atoms with Gasteiger partial charge >= 0.3 is 6.18 Å². The van der Waals surface area contributed by atoms with Crippen molar-refractivity contribution >= 4 is 11.6 Å². The summed E-state index contributed by atoms with van der Waals surface area (Å²) in [5.74, 6) is -0.232.